The van der Waals surface area contributed by atoms with Crippen LogP contribution in [0.3, 0.4) is 0 Å². The first kappa shape index (κ1) is 12.2. The molecule has 2 aromatic rings. The van der Waals surface area contributed by atoms with Crippen LogP contribution in [0.15, 0.2) is 42.5 Å². The summed E-state index contributed by atoms with van der Waals surface area (Å²) >= 11 is 0. The third-order valence-electron chi connectivity index (χ3n) is 2.82. The first-order valence-electron chi connectivity index (χ1n) is 5.66. The smallest absolute Gasteiger partial charge is 0.195 e. The van der Waals surface area contributed by atoms with Crippen LogP contribution >= 0.6 is 0 Å². The van der Waals surface area contributed by atoms with E-state index in [0.717, 1.165) is 5.56 Å². The Balaban J connectivity index is 2.37. The molecule has 0 aliphatic carbocycles. The van der Waals surface area contributed by atoms with Crippen molar-refractivity contribution >= 4 is 11.5 Å². The second-order valence-electron chi connectivity index (χ2n) is 4.15. The molecule has 0 saturated heterocycles. The van der Waals surface area contributed by atoms with Gasteiger partial charge in [0.05, 0.1) is 7.11 Å². The summed E-state index contributed by atoms with van der Waals surface area (Å²) in [6.07, 6.45) is 0. The fourth-order valence-corrected chi connectivity index (χ4v) is 1.74. The van der Waals surface area contributed by atoms with E-state index in [1.165, 1.54) is 0 Å². The number of benzene rings is 2. The van der Waals surface area contributed by atoms with Gasteiger partial charge in [-0.25, -0.2) is 0 Å². The molecule has 0 heterocycles. The molecule has 3 heteroatoms. The maximum Gasteiger partial charge on any atom is 0.195 e. The Morgan fingerprint density at radius 2 is 1.78 bits per heavy atom. The molecule has 0 aliphatic heterocycles. The maximum absolute atomic E-state index is 12.3. The van der Waals surface area contributed by atoms with Gasteiger partial charge in [0.2, 0.25) is 0 Å². The molecule has 2 N–H and O–H groups in total. The highest BCUT2D eigenvalue weighted by Crippen LogP contribution is 2.22. The fourth-order valence-electron chi connectivity index (χ4n) is 1.74. The lowest BCUT2D eigenvalue weighted by Crippen LogP contribution is -2.05. The fraction of sp³-hybridized carbons (Fsp3) is 0.133. The molecule has 0 fully saturated rings. The molecule has 0 atom stereocenters. The van der Waals surface area contributed by atoms with Gasteiger partial charge in [-0.2, -0.15) is 0 Å². The van der Waals surface area contributed by atoms with Crippen LogP contribution in [0.2, 0.25) is 0 Å². The Bertz CT molecular complexity index is 574. The largest absolute Gasteiger partial charge is 0.497 e. The van der Waals surface area contributed by atoms with Gasteiger partial charge >= 0.3 is 0 Å². The molecule has 0 aromatic heterocycles. The molecule has 0 bridgehead atoms. The summed E-state index contributed by atoms with van der Waals surface area (Å²) in [5, 5.41) is 0. The van der Waals surface area contributed by atoms with Crippen LogP contribution in [-0.4, -0.2) is 12.9 Å². The normalized spacial score (nSPS) is 10.1. The molecular formula is C15H15NO2. The summed E-state index contributed by atoms with van der Waals surface area (Å²) in [5.41, 5.74) is 8.55. The molecule has 2 rings (SSSR count). The highest BCUT2D eigenvalue weighted by atomic mass is 16.5. The van der Waals surface area contributed by atoms with Crippen molar-refractivity contribution in [1.29, 1.82) is 0 Å². The lowest BCUT2D eigenvalue weighted by molar-refractivity contribution is 0.103. The molecule has 2 aromatic carbocycles. The molecule has 0 spiro atoms. The maximum atomic E-state index is 12.3. The Hall–Kier alpha value is -2.29. The Morgan fingerprint density at radius 3 is 2.33 bits per heavy atom. The van der Waals surface area contributed by atoms with Gasteiger partial charge in [0.1, 0.15) is 5.75 Å². The van der Waals surface area contributed by atoms with E-state index >= 15 is 0 Å². The number of methoxy groups -OCH3 is 1. The number of rotatable bonds is 3. The SMILES string of the molecule is COc1ccc(C(=O)c2ccc(C)cc2)c(N)c1. The Morgan fingerprint density at radius 1 is 1.11 bits per heavy atom. The lowest BCUT2D eigenvalue weighted by Gasteiger charge is -2.07. The van der Waals surface area contributed by atoms with Crippen LogP contribution in [0.25, 0.3) is 0 Å². The van der Waals surface area contributed by atoms with Gasteiger partial charge in [-0.3, -0.25) is 4.79 Å². The summed E-state index contributed by atoms with van der Waals surface area (Å²) in [7, 11) is 1.57. The van der Waals surface area contributed by atoms with E-state index in [-0.39, 0.29) is 5.78 Å². The second kappa shape index (κ2) is 4.92. The third-order valence-corrected chi connectivity index (χ3v) is 2.82. The quantitative estimate of drug-likeness (QED) is 0.664. The highest BCUT2D eigenvalue weighted by Gasteiger charge is 2.12. The van der Waals surface area contributed by atoms with Crippen molar-refractivity contribution in [2.75, 3.05) is 12.8 Å². The standard InChI is InChI=1S/C15H15NO2/c1-10-3-5-11(6-4-10)15(17)13-8-7-12(18-2)9-14(13)16/h3-9H,16H2,1-2H3. The van der Waals surface area contributed by atoms with Crippen LogP contribution in [0.1, 0.15) is 21.5 Å². The molecule has 0 saturated carbocycles. The number of aryl methyl sites for hydroxylation is 1. The summed E-state index contributed by atoms with van der Waals surface area (Å²) in [5.74, 6) is 0.572. The van der Waals surface area contributed by atoms with Gasteiger partial charge in [0, 0.05) is 22.9 Å². The van der Waals surface area contributed by atoms with Gasteiger partial charge in [0.15, 0.2) is 5.78 Å². The molecule has 0 unspecified atom stereocenters. The van der Waals surface area contributed by atoms with Crippen molar-refractivity contribution in [3.63, 3.8) is 0 Å². The zero-order valence-corrected chi connectivity index (χ0v) is 10.4. The summed E-state index contributed by atoms with van der Waals surface area (Å²) in [4.78, 5) is 12.3. The average Bonchev–Trinajstić information content (AvgIpc) is 2.38. The van der Waals surface area contributed by atoms with Gasteiger partial charge in [-0.15, -0.1) is 0 Å². The van der Waals surface area contributed by atoms with E-state index in [2.05, 4.69) is 0 Å². The minimum absolute atomic E-state index is 0.0739. The highest BCUT2D eigenvalue weighted by molar-refractivity contribution is 6.12. The van der Waals surface area contributed by atoms with Crippen LogP contribution in [0, 0.1) is 6.92 Å². The zero-order valence-electron chi connectivity index (χ0n) is 10.4. The average molecular weight is 241 g/mol. The monoisotopic (exact) mass is 241 g/mol. The van der Waals surface area contributed by atoms with Crippen molar-refractivity contribution in [3.05, 3.63) is 59.2 Å². The van der Waals surface area contributed by atoms with Gasteiger partial charge in [-0.05, 0) is 19.1 Å². The van der Waals surface area contributed by atoms with Crippen molar-refractivity contribution in [1.82, 2.24) is 0 Å². The number of carbonyl (C=O) groups excluding carboxylic acids is 1. The van der Waals surface area contributed by atoms with E-state index in [1.54, 1.807) is 37.4 Å². The first-order chi connectivity index (χ1) is 8.61. The Kier molecular flexibility index (Phi) is 3.33. The molecular weight excluding hydrogens is 226 g/mol. The lowest BCUT2D eigenvalue weighted by atomic mass is 10.0. The summed E-state index contributed by atoms with van der Waals surface area (Å²) < 4.78 is 5.06. The van der Waals surface area contributed by atoms with Crippen molar-refractivity contribution in [2.24, 2.45) is 0 Å². The number of nitrogen functional groups attached to an aromatic ring is 1. The summed E-state index contributed by atoms with van der Waals surface area (Å²) in [6, 6.07) is 12.5. The van der Waals surface area contributed by atoms with Crippen molar-refractivity contribution in [3.8, 4) is 5.75 Å². The van der Waals surface area contributed by atoms with Crippen LogP contribution in [-0.2, 0) is 0 Å². The predicted molar refractivity (Wildman–Crippen MR) is 72.0 cm³/mol. The number of nitrogens with two attached hydrogens (primary N) is 1. The predicted octanol–water partition coefficient (Wildman–Crippen LogP) is 2.82. The number of hydrogen-bond donors (Lipinski definition) is 1. The zero-order chi connectivity index (χ0) is 13.1. The number of carbonyl (C=O) groups is 1. The number of hydrogen-bond acceptors (Lipinski definition) is 3. The molecule has 92 valence electrons. The van der Waals surface area contributed by atoms with E-state index in [1.807, 2.05) is 19.1 Å². The van der Waals surface area contributed by atoms with E-state index < -0.39 is 0 Å². The second-order valence-corrected chi connectivity index (χ2v) is 4.15. The number of ketones is 1. The number of anilines is 1. The third kappa shape index (κ3) is 2.35. The molecule has 0 radical (unpaired) electrons. The number of ether oxygens (including phenoxy) is 1. The molecule has 18 heavy (non-hydrogen) atoms. The summed E-state index contributed by atoms with van der Waals surface area (Å²) in [6.45, 7) is 1.98. The topological polar surface area (TPSA) is 52.3 Å². The van der Waals surface area contributed by atoms with E-state index in [0.29, 0.717) is 22.6 Å². The minimum Gasteiger partial charge on any atom is -0.497 e. The Labute approximate surface area is 106 Å². The van der Waals surface area contributed by atoms with Gasteiger partial charge < -0.3 is 10.5 Å². The van der Waals surface area contributed by atoms with Crippen LogP contribution < -0.4 is 10.5 Å². The van der Waals surface area contributed by atoms with Gasteiger partial charge in [-0.1, -0.05) is 29.8 Å². The minimum atomic E-state index is -0.0739. The van der Waals surface area contributed by atoms with Crippen molar-refractivity contribution in [2.45, 2.75) is 6.92 Å². The van der Waals surface area contributed by atoms with Crippen LogP contribution in [0.4, 0.5) is 5.69 Å². The molecule has 3 nitrogen and oxygen atoms in total. The van der Waals surface area contributed by atoms with E-state index in [4.69, 9.17) is 10.5 Å². The first-order valence-corrected chi connectivity index (χ1v) is 5.66. The van der Waals surface area contributed by atoms with Crippen molar-refractivity contribution < 1.29 is 9.53 Å². The van der Waals surface area contributed by atoms with E-state index in [9.17, 15) is 4.79 Å². The molecule has 0 amide bonds. The molecule has 0 aliphatic rings. The van der Waals surface area contributed by atoms with Gasteiger partial charge in [0.25, 0.3) is 0 Å². The van der Waals surface area contributed by atoms with Crippen LogP contribution in [0.5, 0.6) is 5.75 Å².